The van der Waals surface area contributed by atoms with Crippen molar-refractivity contribution in [1.82, 2.24) is 30.0 Å². The highest BCUT2D eigenvalue weighted by Crippen LogP contribution is 2.29. The van der Waals surface area contributed by atoms with Crippen LogP contribution in [0.3, 0.4) is 0 Å². The maximum atomic E-state index is 13.3. The fourth-order valence-electron chi connectivity index (χ4n) is 4.65. The molecule has 1 aliphatic rings. The highest BCUT2D eigenvalue weighted by Gasteiger charge is 2.33. The third kappa shape index (κ3) is 5.60. The van der Waals surface area contributed by atoms with Crippen molar-refractivity contribution in [2.45, 2.75) is 44.7 Å². The smallest absolute Gasteiger partial charge is 0.342 e. The van der Waals surface area contributed by atoms with Crippen LogP contribution in [0.25, 0.3) is 5.69 Å². The van der Waals surface area contributed by atoms with Crippen LogP contribution in [0.5, 0.6) is 0 Å². The molecule has 0 bridgehead atoms. The number of para-hydroxylation sites is 1. The van der Waals surface area contributed by atoms with Crippen LogP contribution in [0, 0.1) is 5.92 Å². The van der Waals surface area contributed by atoms with Crippen LogP contribution in [0.4, 0.5) is 4.79 Å². The Kier molecular flexibility index (Phi) is 8.40. The van der Waals surface area contributed by atoms with Crippen LogP contribution in [-0.2, 0) is 9.59 Å². The van der Waals surface area contributed by atoms with E-state index in [4.69, 9.17) is 23.2 Å². The van der Waals surface area contributed by atoms with Crippen molar-refractivity contribution in [2.75, 3.05) is 6.54 Å². The van der Waals surface area contributed by atoms with Crippen LogP contribution in [-0.4, -0.2) is 55.5 Å². The molecule has 10 nitrogen and oxygen atoms in total. The molecule has 1 aromatic heterocycles. The van der Waals surface area contributed by atoms with E-state index < -0.39 is 17.8 Å². The Morgan fingerprint density at radius 1 is 1.05 bits per heavy atom. The Balaban J connectivity index is 1.42. The first kappa shape index (κ1) is 26.6. The highest BCUT2D eigenvalue weighted by atomic mass is 35.5. The Labute approximate surface area is 223 Å². The highest BCUT2D eigenvalue weighted by molar-refractivity contribution is 6.37. The van der Waals surface area contributed by atoms with E-state index in [1.807, 2.05) is 25.1 Å². The SMILES string of the molecule is CCN(C(=O)n1nnn(-c2c(Cl)cccc2Cl)c1=O)C1CCC(C(=O)NC(C=O)c2ccccc2)CC1. The van der Waals surface area contributed by atoms with E-state index in [-0.39, 0.29) is 33.6 Å². The van der Waals surface area contributed by atoms with Crippen molar-refractivity contribution in [3.05, 3.63) is 74.6 Å². The minimum atomic E-state index is -0.785. The lowest BCUT2D eigenvalue weighted by Crippen LogP contribution is -2.48. The average molecular weight is 545 g/mol. The second-order valence-electron chi connectivity index (χ2n) is 8.76. The van der Waals surface area contributed by atoms with Crippen LogP contribution < -0.4 is 11.0 Å². The maximum Gasteiger partial charge on any atom is 0.377 e. The lowest BCUT2D eigenvalue weighted by atomic mass is 9.84. The number of aldehydes is 1. The van der Waals surface area contributed by atoms with Gasteiger partial charge in [0.25, 0.3) is 0 Å². The molecule has 12 heteroatoms. The lowest BCUT2D eigenvalue weighted by molar-refractivity contribution is -0.128. The number of benzene rings is 2. The van der Waals surface area contributed by atoms with Gasteiger partial charge in [0.1, 0.15) is 18.0 Å². The molecule has 0 spiro atoms. The molecule has 1 unspecified atom stereocenters. The van der Waals surface area contributed by atoms with Crippen molar-refractivity contribution < 1.29 is 14.4 Å². The minimum Gasteiger partial charge on any atom is -0.342 e. The molecular weight excluding hydrogens is 519 g/mol. The summed E-state index contributed by atoms with van der Waals surface area (Å²) in [5, 5.41) is 10.8. The lowest BCUT2D eigenvalue weighted by Gasteiger charge is -2.35. The summed E-state index contributed by atoms with van der Waals surface area (Å²) < 4.78 is 1.59. The average Bonchev–Trinajstić information content (AvgIpc) is 3.29. The molecule has 1 heterocycles. The normalized spacial score (nSPS) is 18.1. The van der Waals surface area contributed by atoms with Gasteiger partial charge in [0.05, 0.1) is 10.0 Å². The van der Waals surface area contributed by atoms with E-state index >= 15 is 0 Å². The summed E-state index contributed by atoms with van der Waals surface area (Å²) in [4.78, 5) is 52.2. The first-order valence-corrected chi connectivity index (χ1v) is 12.7. The second-order valence-corrected chi connectivity index (χ2v) is 9.58. The molecule has 194 valence electrons. The molecule has 0 saturated heterocycles. The van der Waals surface area contributed by atoms with E-state index in [9.17, 15) is 19.2 Å². The molecule has 1 saturated carbocycles. The predicted molar refractivity (Wildman–Crippen MR) is 138 cm³/mol. The number of rotatable bonds is 7. The quantitative estimate of drug-likeness (QED) is 0.358. The van der Waals surface area contributed by atoms with Gasteiger partial charge in [0.2, 0.25) is 5.91 Å². The van der Waals surface area contributed by atoms with Crippen molar-refractivity contribution in [2.24, 2.45) is 5.92 Å². The van der Waals surface area contributed by atoms with Gasteiger partial charge in [0.15, 0.2) is 0 Å². The van der Waals surface area contributed by atoms with Gasteiger partial charge in [-0.1, -0.05) is 59.6 Å². The van der Waals surface area contributed by atoms with Gasteiger partial charge in [-0.2, -0.15) is 4.68 Å². The Hall–Kier alpha value is -3.50. The summed E-state index contributed by atoms with van der Waals surface area (Å²) in [5.41, 5.74) is 0.0831. The zero-order valence-corrected chi connectivity index (χ0v) is 21.6. The summed E-state index contributed by atoms with van der Waals surface area (Å²) >= 11 is 12.4. The van der Waals surface area contributed by atoms with Crippen molar-refractivity contribution in [3.63, 3.8) is 0 Å². The van der Waals surface area contributed by atoms with Crippen LogP contribution in [0.15, 0.2) is 53.3 Å². The number of carbonyl (C=O) groups excluding carboxylic acids is 3. The van der Waals surface area contributed by atoms with E-state index in [2.05, 4.69) is 15.7 Å². The number of hydrogen-bond donors (Lipinski definition) is 1. The van der Waals surface area contributed by atoms with Crippen molar-refractivity contribution in [1.29, 1.82) is 0 Å². The predicted octanol–water partition coefficient (Wildman–Crippen LogP) is 3.64. The molecule has 2 amide bonds. The molecule has 0 aliphatic heterocycles. The number of halogens is 2. The van der Waals surface area contributed by atoms with E-state index in [0.29, 0.717) is 36.9 Å². The van der Waals surface area contributed by atoms with Gasteiger partial charge in [0, 0.05) is 18.5 Å². The molecule has 1 N–H and O–H groups in total. The first-order chi connectivity index (χ1) is 17.8. The molecule has 4 rings (SSSR count). The summed E-state index contributed by atoms with van der Waals surface area (Å²) in [5.74, 6) is -0.466. The first-order valence-electron chi connectivity index (χ1n) is 12.0. The summed E-state index contributed by atoms with van der Waals surface area (Å²) in [7, 11) is 0. The topological polar surface area (TPSA) is 119 Å². The Bertz CT molecular complexity index is 1310. The van der Waals surface area contributed by atoms with Gasteiger partial charge >= 0.3 is 11.7 Å². The fourth-order valence-corrected chi connectivity index (χ4v) is 5.20. The number of carbonyl (C=O) groups is 3. The standard InChI is InChI=1S/C25H26Cl2N6O4/c1-2-31(24(36)33-25(37)32(29-30-33)22-19(26)9-6-10-20(22)27)18-13-11-17(12-14-18)23(35)28-21(15-34)16-7-4-3-5-8-16/h3-10,15,17-18,21H,2,11-14H2,1H3,(H,28,35). The molecule has 0 radical (unpaired) electrons. The molecule has 2 aromatic carbocycles. The van der Waals surface area contributed by atoms with E-state index in [1.165, 1.54) is 0 Å². The number of nitrogens with one attached hydrogen (secondary N) is 1. The Morgan fingerprint density at radius 3 is 2.30 bits per heavy atom. The van der Waals surface area contributed by atoms with Crippen molar-refractivity contribution in [3.8, 4) is 5.69 Å². The summed E-state index contributed by atoms with van der Waals surface area (Å²) in [6.45, 7) is 2.15. The van der Waals surface area contributed by atoms with E-state index in [1.54, 1.807) is 35.2 Å². The molecule has 37 heavy (non-hydrogen) atoms. The van der Waals surface area contributed by atoms with E-state index in [0.717, 1.165) is 16.5 Å². The molecule has 1 atom stereocenters. The van der Waals surface area contributed by atoms with Gasteiger partial charge in [-0.25, -0.2) is 9.59 Å². The molecule has 1 fully saturated rings. The molecule has 3 aromatic rings. The van der Waals surface area contributed by atoms with Crippen LogP contribution in [0.2, 0.25) is 10.0 Å². The zero-order valence-electron chi connectivity index (χ0n) is 20.1. The second kappa shape index (κ2) is 11.7. The number of tetrazole rings is 1. The number of nitrogens with zero attached hydrogens (tertiary/aromatic N) is 5. The zero-order chi connectivity index (χ0) is 26.5. The number of amides is 2. The van der Waals surface area contributed by atoms with Gasteiger partial charge in [-0.05, 0) is 60.7 Å². The third-order valence-electron chi connectivity index (χ3n) is 6.60. The van der Waals surface area contributed by atoms with Crippen LogP contribution in [0.1, 0.15) is 44.2 Å². The minimum absolute atomic E-state index is 0.147. The monoisotopic (exact) mass is 544 g/mol. The van der Waals surface area contributed by atoms with Gasteiger partial charge in [-0.3, -0.25) is 4.79 Å². The Morgan fingerprint density at radius 2 is 1.70 bits per heavy atom. The van der Waals surface area contributed by atoms with Gasteiger partial charge < -0.3 is 15.0 Å². The molecular formula is C25H26Cl2N6O4. The summed E-state index contributed by atoms with van der Waals surface area (Å²) in [6.07, 6.45) is 2.92. The number of aromatic nitrogens is 4. The van der Waals surface area contributed by atoms with Crippen LogP contribution >= 0.6 is 23.2 Å². The summed E-state index contributed by atoms with van der Waals surface area (Å²) in [6, 6.07) is 12.3. The largest absolute Gasteiger partial charge is 0.377 e. The van der Waals surface area contributed by atoms with Crippen molar-refractivity contribution >= 4 is 41.4 Å². The van der Waals surface area contributed by atoms with Gasteiger partial charge in [-0.15, -0.1) is 4.68 Å². The fraction of sp³-hybridized carbons (Fsp3) is 0.360. The number of hydrogen-bond acceptors (Lipinski definition) is 6. The third-order valence-corrected chi connectivity index (χ3v) is 7.21. The maximum absolute atomic E-state index is 13.3. The molecule has 1 aliphatic carbocycles.